The maximum Gasteiger partial charge on any atom is 0.311 e. The molecule has 0 heterocycles. The second-order valence-corrected chi connectivity index (χ2v) is 5.49. The van der Waals surface area contributed by atoms with Gasteiger partial charge in [-0.25, -0.2) is 0 Å². The standard InChI is InChI=1S/C18H19ClO4/c1-3-23-14-7-4-12(5-8-14)10-16(18(20)21)15-11-13(19)6-9-17(15)22-2/h4-9,11,16H,3,10H2,1-2H3,(H,20,21). The van der Waals surface area contributed by atoms with Crippen LogP contribution >= 0.6 is 11.6 Å². The zero-order valence-corrected chi connectivity index (χ0v) is 13.8. The highest BCUT2D eigenvalue weighted by atomic mass is 35.5. The molecule has 1 N–H and O–H groups in total. The maximum absolute atomic E-state index is 11.7. The lowest BCUT2D eigenvalue weighted by Gasteiger charge is -2.17. The van der Waals surface area contributed by atoms with Gasteiger partial charge in [0.2, 0.25) is 0 Å². The van der Waals surface area contributed by atoms with Crippen LogP contribution in [0.15, 0.2) is 42.5 Å². The summed E-state index contributed by atoms with van der Waals surface area (Å²) in [5.41, 5.74) is 1.48. The van der Waals surface area contributed by atoms with E-state index < -0.39 is 11.9 Å². The predicted octanol–water partition coefficient (Wildman–Crippen LogP) is 4.16. The predicted molar refractivity (Wildman–Crippen MR) is 89.7 cm³/mol. The normalized spacial score (nSPS) is 11.8. The van der Waals surface area contributed by atoms with E-state index >= 15 is 0 Å². The van der Waals surface area contributed by atoms with E-state index in [-0.39, 0.29) is 0 Å². The summed E-state index contributed by atoms with van der Waals surface area (Å²) >= 11 is 6.02. The summed E-state index contributed by atoms with van der Waals surface area (Å²) in [5.74, 6) is -0.364. The summed E-state index contributed by atoms with van der Waals surface area (Å²) in [5, 5.41) is 10.1. The van der Waals surface area contributed by atoms with Gasteiger partial charge in [-0.2, -0.15) is 0 Å². The molecule has 0 amide bonds. The van der Waals surface area contributed by atoms with Crippen molar-refractivity contribution in [2.75, 3.05) is 13.7 Å². The lowest BCUT2D eigenvalue weighted by Crippen LogP contribution is -2.15. The quantitative estimate of drug-likeness (QED) is 0.826. The average molecular weight is 335 g/mol. The summed E-state index contributed by atoms with van der Waals surface area (Å²) in [6.07, 6.45) is 0.346. The Morgan fingerprint density at radius 1 is 1.22 bits per heavy atom. The number of carboxylic acid groups (broad SMARTS) is 1. The summed E-state index contributed by atoms with van der Waals surface area (Å²) < 4.78 is 10.7. The van der Waals surface area contributed by atoms with E-state index in [0.29, 0.717) is 29.4 Å². The van der Waals surface area contributed by atoms with Gasteiger partial charge in [-0.05, 0) is 49.2 Å². The fraction of sp³-hybridized carbons (Fsp3) is 0.278. The van der Waals surface area contributed by atoms with Crippen molar-refractivity contribution >= 4 is 17.6 Å². The van der Waals surface area contributed by atoms with Crippen molar-refractivity contribution in [2.45, 2.75) is 19.3 Å². The number of benzene rings is 2. The van der Waals surface area contributed by atoms with Crippen molar-refractivity contribution < 1.29 is 19.4 Å². The molecule has 0 aliphatic heterocycles. The van der Waals surface area contributed by atoms with Gasteiger partial charge in [-0.15, -0.1) is 0 Å². The molecular weight excluding hydrogens is 316 g/mol. The van der Waals surface area contributed by atoms with Crippen molar-refractivity contribution in [1.82, 2.24) is 0 Å². The van der Waals surface area contributed by atoms with Crippen LogP contribution in [0.4, 0.5) is 0 Å². The molecule has 0 aliphatic carbocycles. The molecule has 0 spiro atoms. The van der Waals surface area contributed by atoms with E-state index in [2.05, 4.69) is 0 Å². The van der Waals surface area contributed by atoms with Gasteiger partial charge in [0.15, 0.2) is 0 Å². The van der Waals surface area contributed by atoms with Crippen molar-refractivity contribution in [1.29, 1.82) is 0 Å². The molecule has 0 saturated heterocycles. The largest absolute Gasteiger partial charge is 0.496 e. The van der Waals surface area contributed by atoms with Crippen LogP contribution in [0.25, 0.3) is 0 Å². The third kappa shape index (κ3) is 4.39. The van der Waals surface area contributed by atoms with Crippen LogP contribution in [0.1, 0.15) is 24.0 Å². The van der Waals surface area contributed by atoms with E-state index in [1.54, 1.807) is 18.2 Å². The van der Waals surface area contributed by atoms with Gasteiger partial charge >= 0.3 is 5.97 Å². The van der Waals surface area contributed by atoms with Crippen LogP contribution in [0.5, 0.6) is 11.5 Å². The summed E-state index contributed by atoms with van der Waals surface area (Å²) in [6.45, 7) is 2.51. The number of aliphatic carboxylic acids is 1. The fourth-order valence-electron chi connectivity index (χ4n) is 2.43. The van der Waals surface area contributed by atoms with Gasteiger partial charge in [0.25, 0.3) is 0 Å². The molecule has 2 aromatic carbocycles. The molecule has 23 heavy (non-hydrogen) atoms. The highest BCUT2D eigenvalue weighted by Gasteiger charge is 2.24. The van der Waals surface area contributed by atoms with E-state index in [0.717, 1.165) is 11.3 Å². The van der Waals surface area contributed by atoms with Crippen molar-refractivity contribution in [3.05, 3.63) is 58.6 Å². The Labute approximate surface area is 140 Å². The van der Waals surface area contributed by atoms with Crippen molar-refractivity contribution in [3.8, 4) is 11.5 Å². The summed E-state index contributed by atoms with van der Waals surface area (Å²) in [6, 6.07) is 12.4. The number of methoxy groups -OCH3 is 1. The Kier molecular flexibility index (Phi) is 5.88. The lowest BCUT2D eigenvalue weighted by molar-refractivity contribution is -0.138. The van der Waals surface area contributed by atoms with Gasteiger partial charge in [0.1, 0.15) is 11.5 Å². The first kappa shape index (κ1) is 17.2. The van der Waals surface area contributed by atoms with Crippen molar-refractivity contribution in [2.24, 2.45) is 0 Å². The van der Waals surface area contributed by atoms with Gasteiger partial charge in [0, 0.05) is 10.6 Å². The van der Waals surface area contributed by atoms with E-state index in [1.165, 1.54) is 7.11 Å². The molecule has 2 aromatic rings. The average Bonchev–Trinajstić information content (AvgIpc) is 2.54. The van der Waals surface area contributed by atoms with Gasteiger partial charge in [-0.3, -0.25) is 4.79 Å². The van der Waals surface area contributed by atoms with Crippen LogP contribution in [0.3, 0.4) is 0 Å². The molecule has 0 bridgehead atoms. The van der Waals surface area contributed by atoms with Crippen LogP contribution in [0, 0.1) is 0 Å². The second kappa shape index (κ2) is 7.88. The number of carbonyl (C=O) groups is 1. The zero-order chi connectivity index (χ0) is 16.8. The highest BCUT2D eigenvalue weighted by Crippen LogP contribution is 2.32. The molecule has 0 saturated carbocycles. The molecule has 0 aromatic heterocycles. The molecule has 1 unspecified atom stereocenters. The minimum atomic E-state index is -0.917. The van der Waals surface area contributed by atoms with Gasteiger partial charge in [-0.1, -0.05) is 23.7 Å². The molecule has 122 valence electrons. The van der Waals surface area contributed by atoms with Crippen LogP contribution in [0.2, 0.25) is 5.02 Å². The third-order valence-corrected chi connectivity index (χ3v) is 3.77. The first-order chi connectivity index (χ1) is 11.0. The first-order valence-corrected chi connectivity index (χ1v) is 7.71. The molecule has 5 heteroatoms. The fourth-order valence-corrected chi connectivity index (χ4v) is 2.61. The molecule has 1 atom stereocenters. The monoisotopic (exact) mass is 334 g/mol. The lowest BCUT2D eigenvalue weighted by atomic mass is 9.91. The Morgan fingerprint density at radius 3 is 2.48 bits per heavy atom. The molecule has 2 rings (SSSR count). The molecule has 0 fully saturated rings. The zero-order valence-electron chi connectivity index (χ0n) is 13.1. The molecular formula is C18H19ClO4. The van der Waals surface area contributed by atoms with Crippen LogP contribution in [-0.4, -0.2) is 24.8 Å². The number of rotatable bonds is 7. The van der Waals surface area contributed by atoms with Gasteiger partial charge < -0.3 is 14.6 Å². The number of halogens is 1. The molecule has 0 aliphatic rings. The third-order valence-electron chi connectivity index (χ3n) is 3.54. The second-order valence-electron chi connectivity index (χ2n) is 5.06. The van der Waals surface area contributed by atoms with Gasteiger partial charge in [0.05, 0.1) is 19.6 Å². The Balaban J connectivity index is 2.29. The number of hydrogen-bond acceptors (Lipinski definition) is 3. The number of carboxylic acids is 1. The Morgan fingerprint density at radius 2 is 1.91 bits per heavy atom. The minimum absolute atomic E-state index is 0.346. The molecule has 4 nitrogen and oxygen atoms in total. The summed E-state index contributed by atoms with van der Waals surface area (Å²) in [4.78, 5) is 11.7. The van der Waals surface area contributed by atoms with E-state index in [1.807, 2.05) is 31.2 Å². The topological polar surface area (TPSA) is 55.8 Å². The summed E-state index contributed by atoms with van der Waals surface area (Å²) in [7, 11) is 1.52. The highest BCUT2D eigenvalue weighted by molar-refractivity contribution is 6.30. The number of hydrogen-bond donors (Lipinski definition) is 1. The van der Waals surface area contributed by atoms with Crippen molar-refractivity contribution in [3.63, 3.8) is 0 Å². The Hall–Kier alpha value is -2.20. The number of ether oxygens (including phenoxy) is 2. The SMILES string of the molecule is CCOc1ccc(CC(C(=O)O)c2cc(Cl)ccc2OC)cc1. The first-order valence-electron chi connectivity index (χ1n) is 7.33. The Bertz CT molecular complexity index is 667. The van der Waals surface area contributed by atoms with E-state index in [9.17, 15) is 9.90 Å². The van der Waals surface area contributed by atoms with Crippen LogP contribution < -0.4 is 9.47 Å². The van der Waals surface area contributed by atoms with Crippen LogP contribution in [-0.2, 0) is 11.2 Å². The smallest absolute Gasteiger partial charge is 0.311 e. The minimum Gasteiger partial charge on any atom is -0.496 e. The molecule has 0 radical (unpaired) electrons. The maximum atomic E-state index is 11.7. The van der Waals surface area contributed by atoms with E-state index in [4.69, 9.17) is 21.1 Å².